The molecular formula is C33H54B2Br2ClN9O8. The highest BCUT2D eigenvalue weighted by atomic mass is 79.9. The summed E-state index contributed by atoms with van der Waals surface area (Å²) in [6.45, 7) is 21.7. The number of hydrogen-bond acceptors (Lipinski definition) is 17. The molecule has 3 aliphatic heterocycles. The summed E-state index contributed by atoms with van der Waals surface area (Å²) < 4.78 is 33.5. The van der Waals surface area contributed by atoms with Crippen molar-refractivity contribution in [3.63, 3.8) is 0 Å². The Labute approximate surface area is 347 Å². The average molecular weight is 922 g/mol. The first-order valence-corrected chi connectivity index (χ1v) is 20.0. The molecule has 0 unspecified atom stereocenters. The number of anilines is 2. The Hall–Kier alpha value is -2.14. The third-order valence-corrected chi connectivity index (χ3v) is 7.75. The topological polar surface area (TPSA) is 192 Å². The lowest BCUT2D eigenvalue weighted by molar-refractivity contribution is 0.0335. The summed E-state index contributed by atoms with van der Waals surface area (Å²) >= 11 is 11.8. The van der Waals surface area contributed by atoms with Crippen molar-refractivity contribution in [1.82, 2.24) is 35.2 Å². The van der Waals surface area contributed by atoms with E-state index in [2.05, 4.69) is 72.0 Å². The van der Waals surface area contributed by atoms with Gasteiger partial charge in [-0.2, -0.15) is 0 Å². The summed E-state index contributed by atoms with van der Waals surface area (Å²) in [4.78, 5) is 28.0. The van der Waals surface area contributed by atoms with E-state index in [4.69, 9.17) is 49.8 Å². The Bertz CT molecular complexity index is 1330. The summed E-state index contributed by atoms with van der Waals surface area (Å²) in [5.41, 5.74) is 0.298. The third-order valence-electron chi connectivity index (χ3n) is 6.74. The van der Waals surface area contributed by atoms with E-state index in [1.54, 1.807) is 24.8 Å². The fourth-order valence-electron chi connectivity index (χ4n) is 4.20. The molecule has 306 valence electrons. The maximum atomic E-state index is 8.87. The fourth-order valence-corrected chi connectivity index (χ4v) is 4.71. The van der Waals surface area contributed by atoms with Gasteiger partial charge < -0.3 is 53.3 Å². The predicted octanol–water partition coefficient (Wildman–Crippen LogP) is 2.81. The molecule has 0 amide bonds. The van der Waals surface area contributed by atoms with Crippen molar-refractivity contribution in [2.24, 2.45) is 0 Å². The van der Waals surface area contributed by atoms with Crippen LogP contribution in [0.25, 0.3) is 0 Å². The second kappa shape index (κ2) is 29.1. The number of hydrogen-bond donors (Lipinski definition) is 3. The number of morpholine rings is 3. The Morgan fingerprint density at radius 1 is 0.618 bits per heavy atom. The average Bonchev–Trinajstić information content (AvgIpc) is 3.18. The fraction of sp³-hybridized carbons (Fsp3) is 0.636. The van der Waals surface area contributed by atoms with E-state index >= 15 is 0 Å². The first-order valence-electron chi connectivity index (χ1n) is 18.0. The van der Waals surface area contributed by atoms with Crippen molar-refractivity contribution in [2.75, 3.05) is 88.7 Å². The van der Waals surface area contributed by atoms with Crippen LogP contribution in [-0.4, -0.2) is 152 Å². The van der Waals surface area contributed by atoms with Gasteiger partial charge in [-0.1, -0.05) is 0 Å². The number of ether oxygens (including phenoxy) is 3. The van der Waals surface area contributed by atoms with Crippen LogP contribution in [0.2, 0.25) is 5.28 Å². The van der Waals surface area contributed by atoms with Crippen molar-refractivity contribution in [3.05, 3.63) is 51.4 Å². The molecule has 3 fully saturated rings. The van der Waals surface area contributed by atoms with Gasteiger partial charge in [0.05, 0.1) is 48.6 Å². The molecule has 3 saturated heterocycles. The molecule has 17 nitrogen and oxygen atoms in total. The minimum Gasteiger partial charge on any atom is -0.423 e. The molecule has 55 heavy (non-hydrogen) atoms. The van der Waals surface area contributed by atoms with Crippen LogP contribution >= 0.6 is 43.5 Å². The van der Waals surface area contributed by atoms with E-state index in [0.717, 1.165) is 80.6 Å². The number of halogens is 3. The summed E-state index contributed by atoms with van der Waals surface area (Å²) in [5.74, 6) is 1.38. The summed E-state index contributed by atoms with van der Waals surface area (Å²) in [7, 11) is -2.05. The number of rotatable bonds is 9. The SMILES string of the molecule is Brc1cnc(N2CCOCC2)nc1.C1COCCN1.CC(C)OB(OC(C)C)OC(C)C.Clc1ncc(Br)cn1.OB(O)c1cnc(N2CCOCC2)nc1. The van der Waals surface area contributed by atoms with Crippen LogP contribution in [0.3, 0.4) is 0 Å². The van der Waals surface area contributed by atoms with Gasteiger partial charge in [0.2, 0.25) is 17.2 Å². The molecule has 0 saturated carbocycles. The minimum atomic E-state index is -1.51. The summed E-state index contributed by atoms with van der Waals surface area (Å²) in [6, 6.07) is 0. The van der Waals surface area contributed by atoms with Crippen LogP contribution in [0.4, 0.5) is 11.9 Å². The van der Waals surface area contributed by atoms with Gasteiger partial charge in [0.1, 0.15) is 0 Å². The van der Waals surface area contributed by atoms with E-state index < -0.39 is 14.4 Å². The highest BCUT2D eigenvalue weighted by Crippen LogP contribution is 2.12. The Kier molecular flexibility index (Phi) is 26.0. The van der Waals surface area contributed by atoms with Crippen molar-refractivity contribution in [1.29, 1.82) is 0 Å². The van der Waals surface area contributed by atoms with Crippen LogP contribution in [-0.2, 0) is 28.2 Å². The largest absolute Gasteiger partial charge is 0.639 e. The van der Waals surface area contributed by atoms with Crippen LogP contribution < -0.4 is 20.6 Å². The molecular weight excluding hydrogens is 867 g/mol. The molecule has 3 aliphatic rings. The van der Waals surface area contributed by atoms with E-state index in [1.807, 2.05) is 46.4 Å². The summed E-state index contributed by atoms with van der Waals surface area (Å²) in [5, 5.41) is 21.2. The molecule has 0 radical (unpaired) electrons. The Morgan fingerprint density at radius 2 is 0.964 bits per heavy atom. The molecule has 0 bridgehead atoms. The monoisotopic (exact) mass is 919 g/mol. The number of nitrogens with one attached hydrogen (secondary N) is 1. The molecule has 22 heteroatoms. The van der Waals surface area contributed by atoms with E-state index in [1.165, 1.54) is 12.4 Å². The lowest BCUT2D eigenvalue weighted by atomic mass is 9.83. The van der Waals surface area contributed by atoms with Crippen LogP contribution in [0.1, 0.15) is 41.5 Å². The zero-order valence-corrected chi connectivity index (χ0v) is 36.3. The minimum absolute atomic E-state index is 0.113. The molecule has 0 atom stereocenters. The Balaban J connectivity index is 0.000000245. The van der Waals surface area contributed by atoms with Crippen molar-refractivity contribution >= 4 is 75.3 Å². The smallest absolute Gasteiger partial charge is 0.423 e. The maximum absolute atomic E-state index is 8.87. The highest BCUT2D eigenvalue weighted by molar-refractivity contribution is 9.10. The zero-order valence-electron chi connectivity index (χ0n) is 32.4. The van der Waals surface area contributed by atoms with Gasteiger partial charge in [-0.15, -0.1) is 0 Å². The van der Waals surface area contributed by atoms with Gasteiger partial charge in [0, 0.05) is 100 Å². The highest BCUT2D eigenvalue weighted by Gasteiger charge is 2.25. The number of nitrogens with zero attached hydrogens (tertiary/aromatic N) is 8. The van der Waals surface area contributed by atoms with Gasteiger partial charge >= 0.3 is 14.4 Å². The van der Waals surface area contributed by atoms with Crippen molar-refractivity contribution < 1.29 is 38.2 Å². The molecule has 0 aromatic carbocycles. The van der Waals surface area contributed by atoms with Crippen molar-refractivity contribution in [2.45, 2.75) is 59.9 Å². The van der Waals surface area contributed by atoms with Crippen LogP contribution in [0.15, 0.2) is 46.1 Å². The van der Waals surface area contributed by atoms with Crippen molar-refractivity contribution in [3.8, 4) is 0 Å². The second-order valence-corrected chi connectivity index (χ2v) is 14.6. The van der Waals surface area contributed by atoms with Gasteiger partial charge in [-0.25, -0.2) is 29.9 Å². The molecule has 3 aromatic heterocycles. The zero-order chi connectivity index (χ0) is 40.4. The van der Waals surface area contributed by atoms with Crippen LogP contribution in [0, 0.1) is 0 Å². The third kappa shape index (κ3) is 23.6. The first kappa shape index (κ1) is 49.0. The Morgan fingerprint density at radius 3 is 1.25 bits per heavy atom. The van der Waals surface area contributed by atoms with Crippen LogP contribution in [0.5, 0.6) is 0 Å². The summed E-state index contributed by atoms with van der Waals surface area (Å²) in [6.07, 6.45) is 9.89. The lowest BCUT2D eigenvalue weighted by Crippen LogP contribution is -2.38. The molecule has 6 rings (SSSR count). The van der Waals surface area contributed by atoms with Gasteiger partial charge in [0.25, 0.3) is 0 Å². The molecule has 0 aliphatic carbocycles. The van der Waals surface area contributed by atoms with Gasteiger partial charge in [-0.3, -0.25) is 0 Å². The van der Waals surface area contributed by atoms with E-state index in [0.29, 0.717) is 24.6 Å². The number of aromatic nitrogens is 6. The lowest BCUT2D eigenvalue weighted by Gasteiger charge is -2.26. The standard InChI is InChI=1S/C9H21BO3.C8H12BN3O3.C8H10BrN3O.C4H2BrClN2.C4H9NO/c1-7(2)11-10(12-8(3)4)13-9(5)6;13-9(14)7-5-10-8(11-6-7)12-1-3-15-4-2-12;9-7-5-10-8(11-6-7)12-1-3-13-4-2-12;5-3-1-7-4(6)8-2-3;1-3-6-4-2-5-1/h7-9H,1-6H3;5-6,13-14H,1-4H2;5-6H,1-4H2;1-2H;5H,1-4H2. The molecule has 3 N–H and O–H groups in total. The van der Waals surface area contributed by atoms with Gasteiger partial charge in [0.15, 0.2) is 0 Å². The molecule has 0 spiro atoms. The maximum Gasteiger partial charge on any atom is 0.639 e. The van der Waals surface area contributed by atoms with Gasteiger partial charge in [-0.05, 0) is 85.0 Å². The quantitative estimate of drug-likeness (QED) is 0.210. The normalized spacial score (nSPS) is 15.4. The predicted molar refractivity (Wildman–Crippen MR) is 221 cm³/mol. The molecule has 3 aromatic rings. The second-order valence-electron chi connectivity index (χ2n) is 12.5. The van der Waals surface area contributed by atoms with E-state index in [9.17, 15) is 0 Å². The molecule has 6 heterocycles. The van der Waals surface area contributed by atoms with E-state index in [-0.39, 0.29) is 23.6 Å². The first-order chi connectivity index (χ1) is 26.3.